The molecule has 1 aliphatic rings. The topological polar surface area (TPSA) is 69.6 Å². The first kappa shape index (κ1) is 25.1. The third kappa shape index (κ3) is 5.72. The summed E-state index contributed by atoms with van der Waals surface area (Å²) < 4.78 is 0. The van der Waals surface area contributed by atoms with Crippen LogP contribution in [-0.4, -0.2) is 64.5 Å². The van der Waals surface area contributed by atoms with Crippen molar-refractivity contribution in [3.05, 3.63) is 114 Å². The zero-order valence-electron chi connectivity index (χ0n) is 21.5. The molecule has 1 saturated heterocycles. The Morgan fingerprint density at radius 2 is 1.37 bits per heavy atom. The van der Waals surface area contributed by atoms with Crippen molar-refractivity contribution in [2.75, 3.05) is 37.6 Å². The quantitative estimate of drug-likeness (QED) is 0.364. The van der Waals surface area contributed by atoms with Crippen LogP contribution in [-0.2, 0) is 4.79 Å². The van der Waals surface area contributed by atoms with Gasteiger partial charge in [0, 0.05) is 37.3 Å². The number of hydrogen-bond donors (Lipinski definition) is 0. The molecule has 7 nitrogen and oxygen atoms in total. The molecular weight excluding hydrogens is 474 g/mol. The molecule has 1 fully saturated rings. The summed E-state index contributed by atoms with van der Waals surface area (Å²) in [6, 6.07) is 32.7. The number of anilines is 1. The first-order chi connectivity index (χ1) is 18.6. The van der Waals surface area contributed by atoms with Crippen LogP contribution in [0.1, 0.15) is 28.9 Å². The van der Waals surface area contributed by atoms with E-state index in [2.05, 4.69) is 15.1 Å². The molecule has 4 aromatic rings. The number of rotatable bonds is 7. The largest absolute Gasteiger partial charge is 0.352 e. The zero-order valence-corrected chi connectivity index (χ0v) is 21.5. The number of carbonyl (C=O) groups excluding carboxylic acids is 2. The molecular formula is C31H31N5O2. The third-order valence-electron chi connectivity index (χ3n) is 7.01. The molecule has 38 heavy (non-hydrogen) atoms. The number of piperazine rings is 1. The number of aromatic nitrogens is 2. The molecule has 0 saturated carbocycles. The minimum Gasteiger partial charge on any atom is -0.352 e. The van der Waals surface area contributed by atoms with Crippen molar-refractivity contribution in [3.8, 4) is 11.3 Å². The molecule has 0 spiro atoms. The summed E-state index contributed by atoms with van der Waals surface area (Å²) in [4.78, 5) is 32.5. The number of nitrogens with zero attached hydrogens (tertiary/aromatic N) is 5. The van der Waals surface area contributed by atoms with Gasteiger partial charge in [-0.1, -0.05) is 78.9 Å². The van der Waals surface area contributed by atoms with E-state index in [-0.39, 0.29) is 24.4 Å². The lowest BCUT2D eigenvalue weighted by molar-refractivity contribution is -0.132. The summed E-state index contributed by atoms with van der Waals surface area (Å²) in [7, 11) is 0. The van der Waals surface area contributed by atoms with E-state index in [4.69, 9.17) is 0 Å². The Kier molecular flexibility index (Phi) is 7.73. The van der Waals surface area contributed by atoms with Gasteiger partial charge in [0.2, 0.25) is 5.91 Å². The normalized spacial score (nSPS) is 14.1. The Hall–Kier alpha value is -4.52. The monoisotopic (exact) mass is 505 g/mol. The number of carbonyl (C=O) groups is 2. The average molecular weight is 506 g/mol. The molecule has 192 valence electrons. The lowest BCUT2D eigenvalue weighted by atomic mass is 10.1. The lowest BCUT2D eigenvalue weighted by Crippen LogP contribution is -2.52. The smallest absolute Gasteiger partial charge is 0.254 e. The summed E-state index contributed by atoms with van der Waals surface area (Å²) in [6.45, 7) is 4.44. The van der Waals surface area contributed by atoms with Crippen LogP contribution < -0.4 is 4.90 Å². The van der Waals surface area contributed by atoms with Crippen LogP contribution in [0.2, 0.25) is 0 Å². The molecule has 0 N–H and O–H groups in total. The highest BCUT2D eigenvalue weighted by Crippen LogP contribution is 2.23. The van der Waals surface area contributed by atoms with Gasteiger partial charge in [-0.3, -0.25) is 9.59 Å². The first-order valence-electron chi connectivity index (χ1n) is 12.9. The van der Waals surface area contributed by atoms with E-state index < -0.39 is 0 Å². The fourth-order valence-corrected chi connectivity index (χ4v) is 4.73. The van der Waals surface area contributed by atoms with Gasteiger partial charge in [-0.25, -0.2) is 0 Å². The maximum Gasteiger partial charge on any atom is 0.254 e. The van der Waals surface area contributed by atoms with Crippen molar-refractivity contribution in [3.63, 3.8) is 0 Å². The van der Waals surface area contributed by atoms with Crippen molar-refractivity contribution in [2.45, 2.75) is 13.0 Å². The van der Waals surface area contributed by atoms with Gasteiger partial charge in [-0.05, 0) is 36.8 Å². The third-order valence-corrected chi connectivity index (χ3v) is 7.01. The molecule has 0 bridgehead atoms. The van der Waals surface area contributed by atoms with Crippen LogP contribution in [0.4, 0.5) is 5.82 Å². The molecule has 2 amide bonds. The first-order valence-corrected chi connectivity index (χ1v) is 12.9. The van der Waals surface area contributed by atoms with Crippen molar-refractivity contribution in [1.82, 2.24) is 20.0 Å². The van der Waals surface area contributed by atoms with Gasteiger partial charge >= 0.3 is 0 Å². The molecule has 1 aliphatic heterocycles. The number of amides is 2. The maximum absolute atomic E-state index is 13.5. The highest BCUT2D eigenvalue weighted by Gasteiger charge is 2.29. The van der Waals surface area contributed by atoms with Gasteiger partial charge in [0.25, 0.3) is 5.91 Å². The van der Waals surface area contributed by atoms with Crippen molar-refractivity contribution < 1.29 is 9.59 Å². The van der Waals surface area contributed by atoms with Gasteiger partial charge in [0.1, 0.15) is 6.54 Å². The number of benzene rings is 3. The fraction of sp³-hybridized carbons (Fsp3) is 0.226. The predicted molar refractivity (Wildman–Crippen MR) is 149 cm³/mol. The summed E-state index contributed by atoms with van der Waals surface area (Å²) >= 11 is 0. The van der Waals surface area contributed by atoms with Crippen molar-refractivity contribution in [2.24, 2.45) is 0 Å². The minimum absolute atomic E-state index is 0.0232. The molecule has 1 atom stereocenters. The zero-order chi connectivity index (χ0) is 26.3. The Labute approximate surface area is 223 Å². The summed E-state index contributed by atoms with van der Waals surface area (Å²) in [5.74, 6) is 0.598. The molecule has 0 aliphatic carbocycles. The Balaban J connectivity index is 1.24. The van der Waals surface area contributed by atoms with E-state index in [1.54, 1.807) is 17.0 Å². The molecule has 2 heterocycles. The van der Waals surface area contributed by atoms with Crippen molar-refractivity contribution >= 4 is 17.6 Å². The second-order valence-corrected chi connectivity index (χ2v) is 9.40. The SMILES string of the molecule is C[C@H](c1ccccc1)N(CC(=O)N1CCN(c2ccc(-c3ccccc3)nn2)CC1)C(=O)c1ccccc1. The Morgan fingerprint density at radius 3 is 1.97 bits per heavy atom. The van der Waals surface area contributed by atoms with E-state index >= 15 is 0 Å². The van der Waals surface area contributed by atoms with Gasteiger partial charge in [-0.15, -0.1) is 10.2 Å². The van der Waals surface area contributed by atoms with Gasteiger partial charge in [0.15, 0.2) is 5.82 Å². The highest BCUT2D eigenvalue weighted by molar-refractivity contribution is 5.96. The summed E-state index contributed by atoms with van der Waals surface area (Å²) in [5.41, 5.74) is 3.43. The second-order valence-electron chi connectivity index (χ2n) is 9.40. The molecule has 1 aromatic heterocycles. The maximum atomic E-state index is 13.5. The molecule has 0 radical (unpaired) electrons. The second kappa shape index (κ2) is 11.7. The van der Waals surface area contributed by atoms with E-state index in [1.165, 1.54) is 0 Å². The predicted octanol–water partition coefficient (Wildman–Crippen LogP) is 4.70. The summed E-state index contributed by atoms with van der Waals surface area (Å²) in [5, 5.41) is 8.83. The Morgan fingerprint density at radius 1 is 0.763 bits per heavy atom. The standard InChI is InChI=1S/C31H31N5O2/c1-24(25-11-5-2-6-12-25)36(31(38)27-15-9-4-10-16-27)23-30(37)35-21-19-34(20-22-35)29-18-17-28(32-33-29)26-13-7-3-8-14-26/h2-18,24H,19-23H2,1H3/t24-/m1/s1. The van der Waals surface area contributed by atoms with E-state index in [0.29, 0.717) is 31.7 Å². The van der Waals surface area contributed by atoms with Crippen LogP contribution >= 0.6 is 0 Å². The van der Waals surface area contributed by atoms with Gasteiger partial charge < -0.3 is 14.7 Å². The molecule has 5 rings (SSSR count). The summed E-state index contributed by atoms with van der Waals surface area (Å²) in [6.07, 6.45) is 0. The highest BCUT2D eigenvalue weighted by atomic mass is 16.2. The van der Waals surface area contributed by atoms with E-state index in [1.807, 2.05) is 103 Å². The number of hydrogen-bond acceptors (Lipinski definition) is 5. The fourth-order valence-electron chi connectivity index (χ4n) is 4.73. The van der Waals surface area contributed by atoms with Gasteiger partial charge in [-0.2, -0.15) is 0 Å². The van der Waals surface area contributed by atoms with Crippen LogP contribution in [0.5, 0.6) is 0 Å². The van der Waals surface area contributed by atoms with Crippen molar-refractivity contribution in [1.29, 1.82) is 0 Å². The van der Waals surface area contributed by atoms with Gasteiger partial charge in [0.05, 0.1) is 11.7 Å². The lowest BCUT2D eigenvalue weighted by Gasteiger charge is -2.37. The average Bonchev–Trinajstić information content (AvgIpc) is 3.00. The molecule has 0 unspecified atom stereocenters. The van der Waals surface area contributed by atoms with Crippen LogP contribution in [0.15, 0.2) is 103 Å². The van der Waals surface area contributed by atoms with Crippen LogP contribution in [0.25, 0.3) is 11.3 Å². The van der Waals surface area contributed by atoms with E-state index in [9.17, 15) is 9.59 Å². The van der Waals surface area contributed by atoms with Crippen LogP contribution in [0, 0.1) is 0 Å². The Bertz CT molecular complexity index is 1340. The van der Waals surface area contributed by atoms with E-state index in [0.717, 1.165) is 22.6 Å². The molecule has 7 heteroatoms. The van der Waals surface area contributed by atoms with Crippen LogP contribution in [0.3, 0.4) is 0 Å². The molecule has 3 aromatic carbocycles. The minimum atomic E-state index is -0.243.